The summed E-state index contributed by atoms with van der Waals surface area (Å²) in [7, 11) is 0. The van der Waals surface area contributed by atoms with E-state index in [2.05, 4.69) is 0 Å². The van der Waals surface area contributed by atoms with Crippen LogP contribution in [0.4, 0.5) is 0 Å². The molecular formula is C16H15NO3. The van der Waals surface area contributed by atoms with Gasteiger partial charge in [-0.2, -0.15) is 0 Å². The third kappa shape index (κ3) is 2.69. The van der Waals surface area contributed by atoms with E-state index in [1.54, 1.807) is 12.1 Å². The van der Waals surface area contributed by atoms with Gasteiger partial charge in [-0.05, 0) is 23.3 Å². The zero-order valence-electron chi connectivity index (χ0n) is 11.0. The smallest absolute Gasteiger partial charge is 0.336 e. The summed E-state index contributed by atoms with van der Waals surface area (Å²) in [5.74, 6) is -1.83. The minimum Gasteiger partial charge on any atom is -0.478 e. The first-order valence-electron chi connectivity index (χ1n) is 6.22. The van der Waals surface area contributed by atoms with Gasteiger partial charge >= 0.3 is 5.97 Å². The summed E-state index contributed by atoms with van der Waals surface area (Å²) in [6.45, 7) is 2.00. The van der Waals surface area contributed by atoms with Crippen LogP contribution in [0.5, 0.6) is 0 Å². The number of nitrogens with two attached hydrogens (primary N) is 1. The Morgan fingerprint density at radius 1 is 1.00 bits per heavy atom. The van der Waals surface area contributed by atoms with Crippen molar-refractivity contribution in [2.24, 2.45) is 5.73 Å². The third-order valence-corrected chi connectivity index (χ3v) is 3.34. The van der Waals surface area contributed by atoms with Crippen molar-refractivity contribution < 1.29 is 14.7 Å². The average molecular weight is 269 g/mol. The van der Waals surface area contributed by atoms with E-state index in [1.165, 1.54) is 6.07 Å². The zero-order chi connectivity index (χ0) is 14.7. The Morgan fingerprint density at radius 2 is 1.65 bits per heavy atom. The Hall–Kier alpha value is -2.62. The Labute approximate surface area is 116 Å². The molecule has 1 atom stereocenters. The van der Waals surface area contributed by atoms with Gasteiger partial charge in [0.1, 0.15) is 0 Å². The van der Waals surface area contributed by atoms with Crippen LogP contribution < -0.4 is 5.73 Å². The lowest BCUT2D eigenvalue weighted by Crippen LogP contribution is -2.17. The fourth-order valence-electron chi connectivity index (χ4n) is 2.16. The van der Waals surface area contributed by atoms with Crippen molar-refractivity contribution in [3.05, 3.63) is 70.8 Å². The van der Waals surface area contributed by atoms with E-state index in [0.717, 1.165) is 11.1 Å². The molecule has 3 N–H and O–H groups in total. The monoisotopic (exact) mass is 269 g/mol. The molecule has 102 valence electrons. The molecule has 0 aliphatic heterocycles. The lowest BCUT2D eigenvalue weighted by molar-refractivity contribution is 0.0692. The molecule has 2 aromatic carbocycles. The number of hydrogen-bond acceptors (Lipinski definition) is 2. The molecule has 1 amide bonds. The van der Waals surface area contributed by atoms with E-state index >= 15 is 0 Å². The van der Waals surface area contributed by atoms with Crippen LogP contribution in [0.15, 0.2) is 48.5 Å². The van der Waals surface area contributed by atoms with E-state index in [4.69, 9.17) is 10.8 Å². The SMILES string of the molecule is C[C@@H](c1ccccc1)c1ccc(C(=O)O)c(C(N)=O)c1. The number of carbonyl (C=O) groups is 2. The first-order chi connectivity index (χ1) is 9.50. The molecule has 4 nitrogen and oxygen atoms in total. The first-order valence-corrected chi connectivity index (χ1v) is 6.22. The van der Waals surface area contributed by atoms with Crippen LogP contribution in [-0.2, 0) is 0 Å². The topological polar surface area (TPSA) is 80.4 Å². The number of hydrogen-bond donors (Lipinski definition) is 2. The lowest BCUT2D eigenvalue weighted by atomic mass is 9.90. The number of amides is 1. The maximum atomic E-state index is 11.4. The van der Waals surface area contributed by atoms with Crippen molar-refractivity contribution in [2.45, 2.75) is 12.8 Å². The molecule has 0 spiro atoms. The standard InChI is InChI=1S/C16H15NO3/c1-10(11-5-3-2-4-6-11)12-7-8-13(16(19)20)14(9-12)15(17)18/h2-10H,1H3,(H2,17,18)(H,19,20)/t10-/m0/s1. The number of carboxylic acids is 1. The Kier molecular flexibility index (Phi) is 3.84. The van der Waals surface area contributed by atoms with Crippen molar-refractivity contribution in [2.75, 3.05) is 0 Å². The number of rotatable bonds is 4. The molecule has 0 aromatic heterocycles. The van der Waals surface area contributed by atoms with E-state index in [9.17, 15) is 9.59 Å². The second-order valence-electron chi connectivity index (χ2n) is 4.61. The van der Waals surface area contributed by atoms with E-state index in [1.807, 2.05) is 37.3 Å². The lowest BCUT2D eigenvalue weighted by Gasteiger charge is -2.14. The first kappa shape index (κ1) is 13.8. The Bertz CT molecular complexity index is 650. The quantitative estimate of drug-likeness (QED) is 0.895. The second-order valence-corrected chi connectivity index (χ2v) is 4.61. The van der Waals surface area contributed by atoms with Crippen molar-refractivity contribution >= 4 is 11.9 Å². The summed E-state index contributed by atoms with van der Waals surface area (Å²) in [6.07, 6.45) is 0. The highest BCUT2D eigenvalue weighted by Gasteiger charge is 2.17. The van der Waals surface area contributed by atoms with Gasteiger partial charge in [-0.25, -0.2) is 4.79 Å². The second kappa shape index (κ2) is 5.57. The fraction of sp³-hybridized carbons (Fsp3) is 0.125. The molecule has 0 unspecified atom stereocenters. The molecule has 2 aromatic rings. The molecule has 0 fully saturated rings. The van der Waals surface area contributed by atoms with E-state index in [-0.39, 0.29) is 17.0 Å². The molecule has 2 rings (SSSR count). The minimum atomic E-state index is -1.15. The summed E-state index contributed by atoms with van der Waals surface area (Å²) in [5, 5.41) is 9.05. The van der Waals surface area contributed by atoms with Crippen molar-refractivity contribution in [1.82, 2.24) is 0 Å². The van der Waals surface area contributed by atoms with Gasteiger partial charge in [0.25, 0.3) is 0 Å². The van der Waals surface area contributed by atoms with Gasteiger partial charge in [0, 0.05) is 5.92 Å². The maximum absolute atomic E-state index is 11.4. The number of aromatic carboxylic acids is 1. The Morgan fingerprint density at radius 3 is 2.20 bits per heavy atom. The van der Waals surface area contributed by atoms with Crippen LogP contribution >= 0.6 is 0 Å². The highest BCUT2D eigenvalue weighted by atomic mass is 16.4. The predicted molar refractivity (Wildman–Crippen MR) is 75.9 cm³/mol. The summed E-state index contributed by atoms with van der Waals surface area (Å²) < 4.78 is 0. The molecule has 0 aliphatic carbocycles. The van der Waals surface area contributed by atoms with Gasteiger partial charge < -0.3 is 10.8 Å². The van der Waals surface area contributed by atoms with Crippen LogP contribution in [0.3, 0.4) is 0 Å². The number of primary amides is 1. The molecule has 0 saturated carbocycles. The summed E-state index contributed by atoms with van der Waals surface area (Å²) in [6, 6.07) is 14.5. The van der Waals surface area contributed by atoms with Crippen molar-refractivity contribution in [3.63, 3.8) is 0 Å². The van der Waals surface area contributed by atoms with Crippen molar-refractivity contribution in [1.29, 1.82) is 0 Å². The number of benzene rings is 2. The highest BCUT2D eigenvalue weighted by Crippen LogP contribution is 2.25. The molecule has 0 heterocycles. The molecule has 0 aliphatic rings. The third-order valence-electron chi connectivity index (χ3n) is 3.34. The normalized spacial score (nSPS) is 11.8. The predicted octanol–water partition coefficient (Wildman–Crippen LogP) is 2.64. The summed E-state index contributed by atoms with van der Waals surface area (Å²) >= 11 is 0. The maximum Gasteiger partial charge on any atom is 0.336 e. The minimum absolute atomic E-state index is 0.0396. The van der Waals surface area contributed by atoms with Gasteiger partial charge in [0.2, 0.25) is 5.91 Å². The van der Waals surface area contributed by atoms with Gasteiger partial charge in [0.15, 0.2) is 0 Å². The van der Waals surface area contributed by atoms with Gasteiger partial charge in [-0.1, -0.05) is 43.3 Å². The zero-order valence-corrected chi connectivity index (χ0v) is 11.0. The van der Waals surface area contributed by atoms with E-state index in [0.29, 0.717) is 0 Å². The van der Waals surface area contributed by atoms with Crippen LogP contribution in [0.25, 0.3) is 0 Å². The molecular weight excluding hydrogens is 254 g/mol. The summed E-state index contributed by atoms with van der Waals surface area (Å²) in [5.41, 5.74) is 7.17. The van der Waals surface area contributed by atoms with E-state index < -0.39 is 11.9 Å². The van der Waals surface area contributed by atoms with Gasteiger partial charge in [-0.15, -0.1) is 0 Å². The number of carboxylic acid groups (broad SMARTS) is 1. The van der Waals surface area contributed by atoms with Crippen molar-refractivity contribution in [3.8, 4) is 0 Å². The van der Waals surface area contributed by atoms with Crippen LogP contribution in [0, 0.1) is 0 Å². The largest absolute Gasteiger partial charge is 0.478 e. The molecule has 0 bridgehead atoms. The molecule has 4 heteroatoms. The average Bonchev–Trinajstić information content (AvgIpc) is 2.46. The molecule has 20 heavy (non-hydrogen) atoms. The van der Waals surface area contributed by atoms with Gasteiger partial charge in [0.05, 0.1) is 11.1 Å². The summed E-state index contributed by atoms with van der Waals surface area (Å²) in [4.78, 5) is 22.5. The highest BCUT2D eigenvalue weighted by molar-refractivity contribution is 6.04. The Balaban J connectivity index is 2.46. The number of carbonyl (C=O) groups excluding carboxylic acids is 1. The van der Waals surface area contributed by atoms with Crippen LogP contribution in [0.2, 0.25) is 0 Å². The van der Waals surface area contributed by atoms with Gasteiger partial charge in [-0.3, -0.25) is 4.79 Å². The molecule has 0 radical (unpaired) electrons. The van der Waals surface area contributed by atoms with Crippen LogP contribution in [0.1, 0.15) is 44.7 Å². The molecule has 0 saturated heterocycles. The fourth-order valence-corrected chi connectivity index (χ4v) is 2.16. The van der Waals surface area contributed by atoms with Crippen LogP contribution in [-0.4, -0.2) is 17.0 Å².